The van der Waals surface area contributed by atoms with Crippen LogP contribution in [-0.4, -0.2) is 38.3 Å². The van der Waals surface area contributed by atoms with Gasteiger partial charge in [-0.3, -0.25) is 0 Å². The first-order chi connectivity index (χ1) is 3.71. The van der Waals surface area contributed by atoms with Gasteiger partial charge >= 0.3 is 61.0 Å². The third kappa shape index (κ3) is 3.82. The molecule has 0 aromatic heterocycles. The Hall–Kier alpha value is 1.23. The van der Waals surface area contributed by atoms with Crippen LogP contribution in [0.25, 0.3) is 0 Å². The maximum absolute atomic E-state index is 5.33. The number of hydrogen-bond acceptors (Lipinski definition) is 1. The number of rotatable bonds is 0. The van der Waals surface area contributed by atoms with Crippen LogP contribution < -0.4 is 0 Å². The van der Waals surface area contributed by atoms with Crippen molar-refractivity contribution in [2.45, 2.75) is 23.4 Å². The summed E-state index contributed by atoms with van der Waals surface area (Å²) in [6.45, 7) is 0.891. The summed E-state index contributed by atoms with van der Waals surface area (Å²) in [6, 6.07) is 0. The Bertz CT molecular complexity index is 81.0. The third-order valence-electron chi connectivity index (χ3n) is 1.39. The van der Waals surface area contributed by atoms with Gasteiger partial charge in [0, 0.05) is 0 Å². The average Bonchev–Trinajstić information content (AvgIpc) is 1.65. The molecule has 1 fully saturated rings. The molecule has 9 heavy (non-hydrogen) atoms. The van der Waals surface area contributed by atoms with Gasteiger partial charge in [-0.1, -0.05) is 0 Å². The van der Waals surface area contributed by atoms with E-state index in [9.17, 15) is 0 Å². The first-order valence-electron chi connectivity index (χ1n) is 3.00. The zero-order valence-electron chi connectivity index (χ0n) is 5.04. The van der Waals surface area contributed by atoms with E-state index in [0.29, 0.717) is 0 Å². The van der Waals surface area contributed by atoms with Crippen molar-refractivity contribution in [3.05, 3.63) is 0 Å². The van der Waals surface area contributed by atoms with Gasteiger partial charge in [-0.25, -0.2) is 0 Å². The van der Waals surface area contributed by atoms with Crippen LogP contribution in [0.2, 0.25) is 0 Å². The molecule has 58 valence electrons. The standard InChI is InChI=1S/C5H11OSi.Al.Cu.3H/c7-5-3-1-2-4-6-5;;;;;/h1-4H2,7H3;;;;;. The predicted octanol–water partition coefficient (Wildman–Crippen LogP) is -1.43. The molecule has 1 saturated heterocycles. The molecule has 0 bridgehead atoms. The minimum absolute atomic E-state index is 0. The van der Waals surface area contributed by atoms with Gasteiger partial charge in [-0.05, 0) is 0 Å². The molecule has 0 spiro atoms. The molecule has 0 amide bonds. The molecule has 1 rings (SSSR count). The molecular weight excluding hydrogens is 195 g/mol. The van der Waals surface area contributed by atoms with Crippen molar-refractivity contribution >= 4 is 27.6 Å². The van der Waals surface area contributed by atoms with Gasteiger partial charge in [-0.2, -0.15) is 0 Å². The molecule has 0 saturated carbocycles. The Morgan fingerprint density at radius 2 is 2.11 bits per heavy atom. The van der Waals surface area contributed by atoms with E-state index in [1.54, 1.807) is 0 Å². The number of ether oxygens (including phenoxy) is 1. The van der Waals surface area contributed by atoms with E-state index < -0.39 is 0 Å². The van der Waals surface area contributed by atoms with Crippen molar-refractivity contribution in [3.63, 3.8) is 0 Å². The van der Waals surface area contributed by atoms with Crippen LogP contribution in [0.15, 0.2) is 0 Å². The predicted molar refractivity (Wildman–Crippen MR) is 42.4 cm³/mol. The summed E-state index contributed by atoms with van der Waals surface area (Å²) in [5, 5.41) is 0. The van der Waals surface area contributed by atoms with E-state index in [-0.39, 0.29) is 21.5 Å². The monoisotopic (exact) mass is 208 g/mol. The third-order valence-corrected chi connectivity index (χ3v) is 2.55. The van der Waals surface area contributed by atoms with Crippen LogP contribution in [-0.2, 0) is 20.7 Å². The second-order valence-electron chi connectivity index (χ2n) is 2.33. The Labute approximate surface area is 78.3 Å². The maximum atomic E-state index is 5.33. The summed E-state index contributed by atoms with van der Waals surface area (Å²) in [5.74, 6) is 0. The molecule has 1 unspecified atom stereocenters. The normalized spacial score (nSPS) is 35.8. The van der Waals surface area contributed by atoms with E-state index in [1.807, 2.05) is 0 Å². The topological polar surface area (TPSA) is 9.23 Å². The molecule has 1 nitrogen and oxygen atoms in total. The number of hydrogen-bond donors (Lipinski definition) is 0. The van der Waals surface area contributed by atoms with Crippen molar-refractivity contribution < 1.29 is 20.7 Å². The van der Waals surface area contributed by atoms with Crippen molar-refractivity contribution in [3.8, 4) is 0 Å². The van der Waals surface area contributed by atoms with Crippen molar-refractivity contribution in [2.75, 3.05) is 6.61 Å². The fourth-order valence-electron chi connectivity index (χ4n) is 0.879. The molecule has 1 aliphatic rings. The molecule has 0 aliphatic carbocycles. The van der Waals surface area contributed by atoms with Gasteiger partial charge in [0.05, 0.1) is 0 Å². The van der Waals surface area contributed by atoms with E-state index in [0.717, 1.165) is 23.3 Å². The summed E-state index contributed by atoms with van der Waals surface area (Å²) in [4.78, 5) is 0. The quantitative estimate of drug-likeness (QED) is 0.444. The first kappa shape index (κ1) is 10.2. The first-order valence-corrected chi connectivity index (χ1v) is 4.47. The second kappa shape index (κ2) is 4.18. The van der Waals surface area contributed by atoms with Gasteiger partial charge in [0.1, 0.15) is 0 Å². The van der Waals surface area contributed by atoms with Gasteiger partial charge in [-0.15, -0.1) is 0 Å². The van der Waals surface area contributed by atoms with Crippen LogP contribution in [0, 0.1) is 0 Å². The Kier molecular flexibility index (Phi) is 4.75. The second-order valence-corrected chi connectivity index (χ2v) is 5.68. The zero-order valence-corrected chi connectivity index (χ0v) is 7.98. The Balaban J connectivity index is 0.000000640. The molecule has 0 aromatic rings. The van der Waals surface area contributed by atoms with Crippen LogP contribution in [0.3, 0.4) is 0 Å². The fraction of sp³-hybridized carbons (Fsp3) is 1.00. The van der Waals surface area contributed by atoms with Crippen LogP contribution in [0.1, 0.15) is 19.3 Å². The molecule has 0 radical (unpaired) electrons. The summed E-state index contributed by atoms with van der Waals surface area (Å²) >= 11 is 5.28. The van der Waals surface area contributed by atoms with E-state index in [2.05, 4.69) is 0 Å². The van der Waals surface area contributed by atoms with Crippen molar-refractivity contribution in [2.24, 2.45) is 0 Å². The average molecular weight is 209 g/mol. The van der Waals surface area contributed by atoms with Gasteiger partial charge in [0.2, 0.25) is 0 Å². The van der Waals surface area contributed by atoms with Crippen LogP contribution >= 0.6 is 0 Å². The SMILES string of the molecule is [AlH3].[SiH3][C]1([Cu])CCCCO1. The summed E-state index contributed by atoms with van der Waals surface area (Å²) < 4.78 is 5.21. The molecule has 0 N–H and O–H groups in total. The van der Waals surface area contributed by atoms with Crippen molar-refractivity contribution in [1.29, 1.82) is 0 Å². The summed E-state index contributed by atoms with van der Waals surface area (Å²) in [7, 11) is 0.993. The summed E-state index contributed by atoms with van der Waals surface area (Å²) in [5.41, 5.74) is 0. The van der Waals surface area contributed by atoms with E-state index in [1.165, 1.54) is 12.8 Å². The fourth-order valence-corrected chi connectivity index (χ4v) is 1.70. The molecule has 1 atom stereocenters. The van der Waals surface area contributed by atoms with Crippen LogP contribution in [0.4, 0.5) is 0 Å². The van der Waals surface area contributed by atoms with Crippen molar-refractivity contribution in [1.82, 2.24) is 0 Å². The zero-order chi connectivity index (χ0) is 6.04. The Morgan fingerprint density at radius 1 is 1.44 bits per heavy atom. The van der Waals surface area contributed by atoms with E-state index in [4.69, 9.17) is 20.7 Å². The molecule has 1 aliphatic heterocycles. The van der Waals surface area contributed by atoms with Crippen LogP contribution in [0.5, 0.6) is 0 Å². The summed E-state index contributed by atoms with van der Waals surface area (Å²) in [6.07, 6.45) is 3.57. The van der Waals surface area contributed by atoms with Gasteiger partial charge in [0.25, 0.3) is 0 Å². The minimum atomic E-state index is -0.120. The molecule has 1 heterocycles. The van der Waals surface area contributed by atoms with Gasteiger partial charge < -0.3 is 0 Å². The molecular formula is C5H14AlCuOSi. The Morgan fingerprint density at radius 3 is 2.33 bits per heavy atom. The van der Waals surface area contributed by atoms with E-state index >= 15 is 0 Å². The molecule has 4 heteroatoms. The van der Waals surface area contributed by atoms with Gasteiger partial charge in [0.15, 0.2) is 17.4 Å². The molecule has 0 aromatic carbocycles.